The molecule has 0 radical (unpaired) electrons. The van der Waals surface area contributed by atoms with E-state index in [0.717, 1.165) is 24.0 Å². The SMILES string of the molecule is CCCc1cc(C(=O)O)c(O)c(C(C)(C)c2ccccc2)c1. The summed E-state index contributed by atoms with van der Waals surface area (Å²) in [6.45, 7) is 6.05. The first-order chi connectivity index (χ1) is 10.4. The van der Waals surface area contributed by atoms with Crippen molar-refractivity contribution in [3.05, 3.63) is 64.7 Å². The Morgan fingerprint density at radius 1 is 1.14 bits per heavy atom. The van der Waals surface area contributed by atoms with E-state index in [4.69, 9.17) is 0 Å². The Labute approximate surface area is 131 Å². The van der Waals surface area contributed by atoms with E-state index in [0.29, 0.717) is 5.56 Å². The molecule has 2 aromatic carbocycles. The first-order valence-corrected chi connectivity index (χ1v) is 7.53. The van der Waals surface area contributed by atoms with Crippen molar-refractivity contribution in [2.24, 2.45) is 0 Å². The minimum Gasteiger partial charge on any atom is -0.507 e. The summed E-state index contributed by atoms with van der Waals surface area (Å²) in [4.78, 5) is 11.4. The molecule has 3 heteroatoms. The van der Waals surface area contributed by atoms with Crippen LogP contribution < -0.4 is 0 Å². The molecule has 116 valence electrons. The number of aromatic hydroxyl groups is 1. The Hall–Kier alpha value is -2.29. The van der Waals surface area contributed by atoms with Crippen LogP contribution in [0.15, 0.2) is 42.5 Å². The van der Waals surface area contributed by atoms with Gasteiger partial charge in [0, 0.05) is 11.0 Å². The molecule has 0 aliphatic carbocycles. The van der Waals surface area contributed by atoms with E-state index in [1.807, 2.05) is 50.2 Å². The maximum absolute atomic E-state index is 11.4. The molecule has 0 aliphatic heterocycles. The molecule has 0 fully saturated rings. The molecule has 0 saturated heterocycles. The maximum atomic E-state index is 11.4. The zero-order valence-corrected chi connectivity index (χ0v) is 13.3. The van der Waals surface area contributed by atoms with Gasteiger partial charge in [0.2, 0.25) is 0 Å². The van der Waals surface area contributed by atoms with Crippen LogP contribution in [-0.2, 0) is 11.8 Å². The fourth-order valence-electron chi connectivity index (χ4n) is 2.78. The summed E-state index contributed by atoms with van der Waals surface area (Å²) >= 11 is 0. The number of hydrogen-bond donors (Lipinski definition) is 2. The van der Waals surface area contributed by atoms with E-state index < -0.39 is 11.4 Å². The minimum absolute atomic E-state index is 0.0232. The predicted octanol–water partition coefficient (Wildman–Crippen LogP) is 4.37. The molecule has 0 bridgehead atoms. The van der Waals surface area contributed by atoms with Gasteiger partial charge in [-0.3, -0.25) is 0 Å². The summed E-state index contributed by atoms with van der Waals surface area (Å²) in [6, 6.07) is 13.3. The topological polar surface area (TPSA) is 57.5 Å². The van der Waals surface area contributed by atoms with Gasteiger partial charge in [-0.25, -0.2) is 4.79 Å². The van der Waals surface area contributed by atoms with Crippen LogP contribution in [0.3, 0.4) is 0 Å². The quantitative estimate of drug-likeness (QED) is 0.861. The number of aryl methyl sites for hydroxylation is 1. The average molecular weight is 298 g/mol. The smallest absolute Gasteiger partial charge is 0.339 e. The van der Waals surface area contributed by atoms with E-state index in [1.54, 1.807) is 6.07 Å². The fraction of sp³-hybridized carbons (Fsp3) is 0.316. The van der Waals surface area contributed by atoms with Crippen LogP contribution in [0.25, 0.3) is 0 Å². The Balaban J connectivity index is 2.65. The number of phenols is 1. The standard InChI is InChI=1S/C19H22O3/c1-4-8-13-11-15(18(21)22)17(20)16(12-13)19(2,3)14-9-6-5-7-10-14/h5-7,9-12,20H,4,8H2,1-3H3,(H,21,22). The highest BCUT2D eigenvalue weighted by molar-refractivity contribution is 5.91. The number of benzene rings is 2. The molecule has 0 aliphatic rings. The molecular weight excluding hydrogens is 276 g/mol. The van der Waals surface area contributed by atoms with E-state index in [-0.39, 0.29) is 11.3 Å². The third-order valence-electron chi connectivity index (χ3n) is 4.11. The molecule has 0 unspecified atom stereocenters. The highest BCUT2D eigenvalue weighted by Crippen LogP contribution is 2.39. The number of aromatic carboxylic acids is 1. The van der Waals surface area contributed by atoms with Crippen LogP contribution in [0.5, 0.6) is 5.75 Å². The lowest BCUT2D eigenvalue weighted by molar-refractivity contribution is 0.0693. The summed E-state index contributed by atoms with van der Waals surface area (Å²) in [5.74, 6) is -1.23. The monoisotopic (exact) mass is 298 g/mol. The van der Waals surface area contributed by atoms with E-state index >= 15 is 0 Å². The van der Waals surface area contributed by atoms with Crippen LogP contribution in [0.1, 0.15) is 54.2 Å². The number of carbonyl (C=O) groups is 1. The molecule has 0 heterocycles. The number of rotatable bonds is 5. The van der Waals surface area contributed by atoms with Crippen LogP contribution in [0.2, 0.25) is 0 Å². The number of carboxylic acid groups (broad SMARTS) is 1. The second kappa shape index (κ2) is 6.22. The van der Waals surface area contributed by atoms with Crippen molar-refractivity contribution in [2.45, 2.75) is 39.0 Å². The molecule has 2 N–H and O–H groups in total. The first kappa shape index (κ1) is 16.1. The Morgan fingerprint density at radius 2 is 1.77 bits per heavy atom. The van der Waals surface area contributed by atoms with Gasteiger partial charge < -0.3 is 10.2 Å². The molecule has 0 amide bonds. The van der Waals surface area contributed by atoms with Gasteiger partial charge in [-0.1, -0.05) is 63.6 Å². The lowest BCUT2D eigenvalue weighted by atomic mass is 9.76. The fourth-order valence-corrected chi connectivity index (χ4v) is 2.78. The molecule has 0 aromatic heterocycles. The van der Waals surface area contributed by atoms with Crippen molar-refractivity contribution in [3.63, 3.8) is 0 Å². The molecule has 0 atom stereocenters. The largest absolute Gasteiger partial charge is 0.507 e. The third-order valence-corrected chi connectivity index (χ3v) is 4.11. The molecule has 0 saturated carbocycles. The summed E-state index contributed by atoms with van der Waals surface area (Å²) < 4.78 is 0. The van der Waals surface area contributed by atoms with Crippen molar-refractivity contribution < 1.29 is 15.0 Å². The van der Waals surface area contributed by atoms with Crippen molar-refractivity contribution in [1.29, 1.82) is 0 Å². The highest BCUT2D eigenvalue weighted by Gasteiger charge is 2.29. The summed E-state index contributed by atoms with van der Waals surface area (Å²) in [6.07, 6.45) is 1.72. The van der Waals surface area contributed by atoms with Crippen molar-refractivity contribution in [2.75, 3.05) is 0 Å². The summed E-state index contributed by atoms with van der Waals surface area (Å²) in [5, 5.41) is 19.8. The van der Waals surface area contributed by atoms with Crippen LogP contribution >= 0.6 is 0 Å². The molecule has 2 aromatic rings. The van der Waals surface area contributed by atoms with E-state index in [1.165, 1.54) is 0 Å². The molecular formula is C19H22O3. The Bertz CT molecular complexity index is 673. The average Bonchev–Trinajstić information content (AvgIpc) is 2.49. The highest BCUT2D eigenvalue weighted by atomic mass is 16.4. The van der Waals surface area contributed by atoms with Gasteiger partial charge in [0.05, 0.1) is 0 Å². The lowest BCUT2D eigenvalue weighted by Crippen LogP contribution is -2.20. The van der Waals surface area contributed by atoms with Gasteiger partial charge in [0.15, 0.2) is 0 Å². The molecule has 3 nitrogen and oxygen atoms in total. The normalized spacial score (nSPS) is 11.4. The van der Waals surface area contributed by atoms with Gasteiger partial charge in [0.1, 0.15) is 11.3 Å². The summed E-state index contributed by atoms with van der Waals surface area (Å²) in [7, 11) is 0. The van der Waals surface area contributed by atoms with Gasteiger partial charge in [-0.2, -0.15) is 0 Å². The Morgan fingerprint density at radius 3 is 2.32 bits per heavy atom. The van der Waals surface area contributed by atoms with Crippen molar-refractivity contribution >= 4 is 5.97 Å². The zero-order chi connectivity index (χ0) is 16.3. The van der Waals surface area contributed by atoms with Crippen LogP contribution in [-0.4, -0.2) is 16.2 Å². The van der Waals surface area contributed by atoms with E-state index in [2.05, 4.69) is 6.92 Å². The Kier molecular flexibility index (Phi) is 4.55. The predicted molar refractivity (Wildman–Crippen MR) is 87.6 cm³/mol. The minimum atomic E-state index is -1.10. The maximum Gasteiger partial charge on any atom is 0.339 e. The van der Waals surface area contributed by atoms with Gasteiger partial charge in [-0.05, 0) is 23.6 Å². The van der Waals surface area contributed by atoms with Gasteiger partial charge in [0.25, 0.3) is 0 Å². The van der Waals surface area contributed by atoms with Crippen molar-refractivity contribution in [1.82, 2.24) is 0 Å². The zero-order valence-electron chi connectivity index (χ0n) is 13.3. The van der Waals surface area contributed by atoms with Gasteiger partial charge in [-0.15, -0.1) is 0 Å². The molecule has 22 heavy (non-hydrogen) atoms. The lowest BCUT2D eigenvalue weighted by Gasteiger charge is -2.28. The number of hydrogen-bond acceptors (Lipinski definition) is 2. The molecule has 0 spiro atoms. The third kappa shape index (κ3) is 2.98. The first-order valence-electron chi connectivity index (χ1n) is 7.53. The second-order valence-corrected chi connectivity index (χ2v) is 6.09. The van der Waals surface area contributed by atoms with E-state index in [9.17, 15) is 15.0 Å². The number of carboxylic acids is 1. The van der Waals surface area contributed by atoms with Gasteiger partial charge >= 0.3 is 5.97 Å². The van der Waals surface area contributed by atoms with Crippen molar-refractivity contribution in [3.8, 4) is 5.75 Å². The van der Waals surface area contributed by atoms with Crippen LogP contribution in [0.4, 0.5) is 0 Å². The molecule has 2 rings (SSSR count). The second-order valence-electron chi connectivity index (χ2n) is 6.09. The summed E-state index contributed by atoms with van der Waals surface area (Å²) in [5.41, 5.74) is 2.14. The van der Waals surface area contributed by atoms with Crippen LogP contribution in [0, 0.1) is 0 Å².